The zero-order chi connectivity index (χ0) is 11.5. The summed E-state index contributed by atoms with van der Waals surface area (Å²) in [7, 11) is 0. The monoisotopic (exact) mass is 218 g/mol. The lowest BCUT2D eigenvalue weighted by atomic mass is 10.1. The van der Waals surface area contributed by atoms with Crippen molar-refractivity contribution in [1.82, 2.24) is 10.1 Å². The van der Waals surface area contributed by atoms with Crippen molar-refractivity contribution in [3.05, 3.63) is 47.1 Å². The molecule has 1 heterocycles. The molecule has 2 rings (SSSR count). The number of rotatable bonds is 3. The quantitative estimate of drug-likeness (QED) is 0.847. The normalized spacial score (nSPS) is 10.3. The van der Waals surface area contributed by atoms with Crippen LogP contribution in [0.25, 0.3) is 0 Å². The van der Waals surface area contributed by atoms with E-state index in [1.165, 1.54) is 0 Å². The highest BCUT2D eigenvalue weighted by atomic mass is 16.5. The van der Waals surface area contributed by atoms with Gasteiger partial charge in [0.1, 0.15) is 0 Å². The average Bonchev–Trinajstić information content (AvgIpc) is 2.66. The van der Waals surface area contributed by atoms with Gasteiger partial charge in [0, 0.05) is 0 Å². The Bertz CT molecular complexity index is 519. The maximum atomic E-state index is 10.5. The number of hydrogen-bond donors (Lipinski definition) is 1. The number of carboxylic acid groups (broad SMARTS) is 1. The van der Waals surface area contributed by atoms with E-state index in [9.17, 15) is 4.79 Å². The molecule has 82 valence electrons. The zero-order valence-corrected chi connectivity index (χ0v) is 8.67. The number of aromatic nitrogens is 2. The lowest BCUT2D eigenvalue weighted by Crippen LogP contribution is -1.99. The molecule has 0 aliphatic heterocycles. The molecule has 0 spiro atoms. The molecular formula is C11H10N2O3. The molecule has 1 aromatic heterocycles. The van der Waals surface area contributed by atoms with E-state index in [0.29, 0.717) is 12.3 Å². The first-order valence-electron chi connectivity index (χ1n) is 4.76. The molecule has 0 saturated carbocycles. The van der Waals surface area contributed by atoms with Gasteiger partial charge in [-0.05, 0) is 17.6 Å². The Labute approximate surface area is 91.7 Å². The van der Waals surface area contributed by atoms with Crippen LogP contribution in [0.3, 0.4) is 0 Å². The fraction of sp³-hybridized carbons (Fsp3) is 0.182. The number of hydrogen-bond acceptors (Lipinski definition) is 4. The van der Waals surface area contributed by atoms with Crippen molar-refractivity contribution in [2.75, 3.05) is 0 Å². The first-order valence-corrected chi connectivity index (χ1v) is 4.76. The Balaban J connectivity index is 2.17. The molecule has 5 heteroatoms. The lowest BCUT2D eigenvalue weighted by molar-refractivity contribution is 0.0680. The maximum Gasteiger partial charge on any atom is 0.377 e. The highest BCUT2D eigenvalue weighted by Crippen LogP contribution is 2.09. The Kier molecular flexibility index (Phi) is 2.68. The summed E-state index contributed by atoms with van der Waals surface area (Å²) in [6, 6.07) is 7.83. The Morgan fingerprint density at radius 3 is 2.94 bits per heavy atom. The van der Waals surface area contributed by atoms with Crippen LogP contribution in [0.5, 0.6) is 0 Å². The summed E-state index contributed by atoms with van der Waals surface area (Å²) in [6.45, 7) is 1.99. The van der Waals surface area contributed by atoms with E-state index in [0.717, 1.165) is 11.1 Å². The lowest BCUT2D eigenvalue weighted by Gasteiger charge is -1.97. The van der Waals surface area contributed by atoms with E-state index in [4.69, 9.17) is 9.63 Å². The van der Waals surface area contributed by atoms with Gasteiger partial charge in [-0.2, -0.15) is 4.98 Å². The molecule has 0 unspecified atom stereocenters. The highest BCUT2D eigenvalue weighted by molar-refractivity contribution is 5.82. The minimum absolute atomic E-state index is 0.303. The van der Waals surface area contributed by atoms with Crippen molar-refractivity contribution in [3.8, 4) is 0 Å². The van der Waals surface area contributed by atoms with Crippen LogP contribution >= 0.6 is 0 Å². The molecule has 0 fully saturated rings. The topological polar surface area (TPSA) is 76.2 Å². The van der Waals surface area contributed by atoms with Crippen molar-refractivity contribution in [1.29, 1.82) is 0 Å². The number of aromatic carboxylic acids is 1. The Morgan fingerprint density at radius 2 is 2.31 bits per heavy atom. The maximum absolute atomic E-state index is 10.5. The second-order valence-electron chi connectivity index (χ2n) is 3.48. The van der Waals surface area contributed by atoms with Crippen LogP contribution in [0.15, 0.2) is 28.8 Å². The van der Waals surface area contributed by atoms with Gasteiger partial charge in [-0.15, -0.1) is 0 Å². The number of aryl methyl sites for hydroxylation is 1. The summed E-state index contributed by atoms with van der Waals surface area (Å²) < 4.78 is 4.83. The predicted octanol–water partition coefficient (Wildman–Crippen LogP) is 1.67. The fourth-order valence-electron chi connectivity index (χ4n) is 1.41. The second-order valence-corrected chi connectivity index (χ2v) is 3.48. The van der Waals surface area contributed by atoms with E-state index < -0.39 is 5.97 Å². The fourth-order valence-corrected chi connectivity index (χ4v) is 1.41. The Hall–Kier alpha value is -2.17. The van der Waals surface area contributed by atoms with Crippen LogP contribution < -0.4 is 0 Å². The third-order valence-corrected chi connectivity index (χ3v) is 2.10. The van der Waals surface area contributed by atoms with Crippen LogP contribution in [0.1, 0.15) is 27.6 Å². The van der Waals surface area contributed by atoms with Crippen LogP contribution in [0.2, 0.25) is 0 Å². The second kappa shape index (κ2) is 4.14. The van der Waals surface area contributed by atoms with Crippen molar-refractivity contribution >= 4 is 5.97 Å². The van der Waals surface area contributed by atoms with Gasteiger partial charge in [-0.3, -0.25) is 0 Å². The molecule has 2 aromatic rings. The molecule has 0 saturated heterocycles. The van der Waals surface area contributed by atoms with Gasteiger partial charge in [0.25, 0.3) is 5.82 Å². The van der Waals surface area contributed by atoms with Gasteiger partial charge in [-0.25, -0.2) is 4.79 Å². The number of carboxylic acids is 1. The van der Waals surface area contributed by atoms with Gasteiger partial charge in [0.2, 0.25) is 5.89 Å². The summed E-state index contributed by atoms with van der Waals surface area (Å²) >= 11 is 0. The number of nitrogens with zero attached hydrogens (tertiary/aromatic N) is 2. The summed E-state index contributed by atoms with van der Waals surface area (Å²) in [5.41, 5.74) is 2.15. The zero-order valence-electron chi connectivity index (χ0n) is 8.67. The Morgan fingerprint density at radius 1 is 1.50 bits per heavy atom. The SMILES string of the molecule is Cc1cccc(Cc2nc(C(=O)O)no2)c1. The van der Waals surface area contributed by atoms with E-state index >= 15 is 0 Å². The van der Waals surface area contributed by atoms with E-state index in [2.05, 4.69) is 10.1 Å². The molecule has 1 N–H and O–H groups in total. The van der Waals surface area contributed by atoms with Crippen LogP contribution in [0, 0.1) is 6.92 Å². The molecule has 0 aliphatic rings. The molecule has 0 amide bonds. The summed E-state index contributed by atoms with van der Waals surface area (Å²) in [5.74, 6) is -1.18. The third kappa shape index (κ3) is 2.25. The van der Waals surface area contributed by atoms with Gasteiger partial charge in [-0.1, -0.05) is 29.8 Å². The molecule has 0 radical (unpaired) electrons. The first-order chi connectivity index (χ1) is 7.65. The molecule has 0 bridgehead atoms. The van der Waals surface area contributed by atoms with Crippen LogP contribution in [-0.2, 0) is 6.42 Å². The molecular weight excluding hydrogens is 208 g/mol. The standard InChI is InChI=1S/C11H10N2O3/c1-7-3-2-4-8(5-7)6-9-12-10(11(14)15)13-16-9/h2-5H,6H2,1H3,(H,14,15). The van der Waals surface area contributed by atoms with Crippen molar-refractivity contribution in [2.24, 2.45) is 0 Å². The number of benzene rings is 1. The van der Waals surface area contributed by atoms with Gasteiger partial charge < -0.3 is 9.63 Å². The predicted molar refractivity (Wildman–Crippen MR) is 55.2 cm³/mol. The smallest absolute Gasteiger partial charge is 0.377 e. The van der Waals surface area contributed by atoms with E-state index in [-0.39, 0.29) is 5.82 Å². The minimum atomic E-state index is -1.18. The van der Waals surface area contributed by atoms with Crippen molar-refractivity contribution in [2.45, 2.75) is 13.3 Å². The molecule has 1 aromatic carbocycles. The molecule has 0 aliphatic carbocycles. The van der Waals surface area contributed by atoms with Gasteiger partial charge in [0.15, 0.2) is 0 Å². The van der Waals surface area contributed by atoms with E-state index in [1.54, 1.807) is 0 Å². The van der Waals surface area contributed by atoms with Crippen molar-refractivity contribution in [3.63, 3.8) is 0 Å². The third-order valence-electron chi connectivity index (χ3n) is 2.10. The first kappa shape index (κ1) is 10.4. The summed E-state index contributed by atoms with van der Waals surface area (Å²) in [6.07, 6.45) is 0.446. The minimum Gasteiger partial charge on any atom is -0.475 e. The largest absolute Gasteiger partial charge is 0.475 e. The van der Waals surface area contributed by atoms with Gasteiger partial charge >= 0.3 is 5.97 Å². The van der Waals surface area contributed by atoms with Gasteiger partial charge in [0.05, 0.1) is 6.42 Å². The van der Waals surface area contributed by atoms with Crippen molar-refractivity contribution < 1.29 is 14.4 Å². The van der Waals surface area contributed by atoms with E-state index in [1.807, 2.05) is 31.2 Å². The molecule has 16 heavy (non-hydrogen) atoms. The summed E-state index contributed by atoms with van der Waals surface area (Å²) in [5, 5.41) is 12.0. The molecule has 5 nitrogen and oxygen atoms in total. The summed E-state index contributed by atoms with van der Waals surface area (Å²) in [4.78, 5) is 14.3. The van der Waals surface area contributed by atoms with Crippen LogP contribution in [-0.4, -0.2) is 21.2 Å². The number of carbonyl (C=O) groups is 1. The van der Waals surface area contributed by atoms with Crippen LogP contribution in [0.4, 0.5) is 0 Å². The molecule has 0 atom stereocenters. The average molecular weight is 218 g/mol. The highest BCUT2D eigenvalue weighted by Gasteiger charge is 2.12.